The molecule has 0 aliphatic heterocycles. The third-order valence-corrected chi connectivity index (χ3v) is 4.27. The van der Waals surface area contributed by atoms with Crippen LogP contribution in [0.5, 0.6) is 5.75 Å². The lowest BCUT2D eigenvalue weighted by Crippen LogP contribution is -1.96. The Bertz CT molecular complexity index is 952. The summed E-state index contributed by atoms with van der Waals surface area (Å²) in [6, 6.07) is 21.7. The molecule has 0 fully saturated rings. The number of non-ortho nitro benzene ring substituents is 1. The first kappa shape index (κ1) is 17.4. The van der Waals surface area contributed by atoms with Gasteiger partial charge in [0.15, 0.2) is 0 Å². The van der Waals surface area contributed by atoms with Gasteiger partial charge in [0.25, 0.3) is 5.69 Å². The van der Waals surface area contributed by atoms with Gasteiger partial charge < -0.3 is 5.11 Å². The van der Waals surface area contributed by atoms with Crippen molar-refractivity contribution in [2.24, 2.45) is 4.99 Å². The van der Waals surface area contributed by atoms with Crippen molar-refractivity contribution in [3.8, 4) is 5.75 Å². The fourth-order valence-electron chi connectivity index (χ4n) is 2.79. The minimum Gasteiger partial charge on any atom is -0.507 e. The van der Waals surface area contributed by atoms with E-state index in [4.69, 9.17) is 0 Å². The average Bonchev–Trinajstić information content (AvgIpc) is 2.67. The summed E-state index contributed by atoms with van der Waals surface area (Å²) < 4.78 is 0. The van der Waals surface area contributed by atoms with Crippen LogP contribution < -0.4 is 0 Å². The molecule has 1 unspecified atom stereocenters. The number of phenolic OH excluding ortho intramolecular Hbond substituents is 1. The monoisotopic (exact) mass is 346 g/mol. The first-order valence-electron chi connectivity index (χ1n) is 8.21. The summed E-state index contributed by atoms with van der Waals surface area (Å²) in [5.74, 6) is 0.0937. The van der Waals surface area contributed by atoms with Crippen LogP contribution in [0.2, 0.25) is 0 Å². The Morgan fingerprint density at radius 3 is 2.46 bits per heavy atom. The van der Waals surface area contributed by atoms with Gasteiger partial charge in [0.1, 0.15) is 5.75 Å². The molecule has 3 aromatic rings. The van der Waals surface area contributed by atoms with E-state index in [1.54, 1.807) is 0 Å². The fraction of sp³-hybridized carbons (Fsp3) is 0.0952. The maximum absolute atomic E-state index is 10.9. The molecule has 0 bridgehead atoms. The Hall–Kier alpha value is -3.47. The summed E-state index contributed by atoms with van der Waals surface area (Å²) in [5, 5.41) is 20.9. The molecule has 0 amide bonds. The van der Waals surface area contributed by atoms with Crippen molar-refractivity contribution in [1.29, 1.82) is 0 Å². The summed E-state index contributed by atoms with van der Waals surface area (Å²) in [7, 11) is 0. The quantitative estimate of drug-likeness (QED) is 0.392. The summed E-state index contributed by atoms with van der Waals surface area (Å²) in [4.78, 5) is 14.9. The fourth-order valence-corrected chi connectivity index (χ4v) is 2.79. The molecule has 3 aromatic carbocycles. The molecule has 0 saturated heterocycles. The zero-order valence-corrected chi connectivity index (χ0v) is 14.2. The van der Waals surface area contributed by atoms with Crippen LogP contribution in [0.4, 0.5) is 11.4 Å². The van der Waals surface area contributed by atoms with Gasteiger partial charge in [0, 0.05) is 29.8 Å². The summed E-state index contributed by atoms with van der Waals surface area (Å²) in [6.45, 7) is 2.11. The highest BCUT2D eigenvalue weighted by Gasteiger charge is 2.12. The molecule has 3 rings (SSSR count). The molecular formula is C21H18N2O3. The molecule has 0 spiro atoms. The minimum atomic E-state index is -0.498. The Morgan fingerprint density at radius 1 is 1.04 bits per heavy atom. The molecule has 0 saturated carbocycles. The van der Waals surface area contributed by atoms with Crippen LogP contribution >= 0.6 is 0 Å². The maximum Gasteiger partial charge on any atom is 0.270 e. The highest BCUT2D eigenvalue weighted by atomic mass is 16.6. The van der Waals surface area contributed by atoms with Crippen LogP contribution in [-0.2, 0) is 0 Å². The van der Waals surface area contributed by atoms with Crippen LogP contribution in [0.15, 0.2) is 77.8 Å². The summed E-state index contributed by atoms with van der Waals surface area (Å²) in [5.41, 5.74) is 3.19. The van der Waals surface area contributed by atoms with E-state index in [2.05, 4.69) is 24.0 Å². The van der Waals surface area contributed by atoms with Crippen LogP contribution in [0.25, 0.3) is 0 Å². The Kier molecular flexibility index (Phi) is 5.08. The highest BCUT2D eigenvalue weighted by molar-refractivity contribution is 5.86. The van der Waals surface area contributed by atoms with Gasteiger partial charge >= 0.3 is 0 Å². The van der Waals surface area contributed by atoms with Gasteiger partial charge in [-0.25, -0.2) is 0 Å². The normalized spacial score (nSPS) is 12.2. The number of hydrogen-bond acceptors (Lipinski definition) is 4. The second-order valence-electron chi connectivity index (χ2n) is 5.95. The van der Waals surface area contributed by atoms with E-state index in [-0.39, 0.29) is 17.4 Å². The molecule has 26 heavy (non-hydrogen) atoms. The van der Waals surface area contributed by atoms with Gasteiger partial charge in [-0.3, -0.25) is 15.1 Å². The van der Waals surface area contributed by atoms with E-state index < -0.39 is 4.92 Å². The predicted molar refractivity (Wildman–Crippen MR) is 102 cm³/mol. The largest absolute Gasteiger partial charge is 0.507 e. The number of para-hydroxylation sites is 1. The molecule has 5 heteroatoms. The minimum absolute atomic E-state index is 0.0482. The van der Waals surface area contributed by atoms with E-state index in [1.165, 1.54) is 30.0 Å². The second kappa shape index (κ2) is 7.61. The van der Waals surface area contributed by atoms with Crippen molar-refractivity contribution < 1.29 is 10.0 Å². The number of nitro groups is 1. The first-order chi connectivity index (χ1) is 12.6. The van der Waals surface area contributed by atoms with E-state index in [0.29, 0.717) is 5.56 Å². The predicted octanol–water partition coefficient (Wildman–Crippen LogP) is 5.20. The van der Waals surface area contributed by atoms with Crippen molar-refractivity contribution >= 4 is 17.6 Å². The molecular weight excluding hydrogens is 328 g/mol. The van der Waals surface area contributed by atoms with E-state index in [9.17, 15) is 15.2 Å². The van der Waals surface area contributed by atoms with Crippen LogP contribution in [0.3, 0.4) is 0 Å². The molecule has 0 heterocycles. The number of aromatic hydroxyl groups is 1. The average molecular weight is 346 g/mol. The van der Waals surface area contributed by atoms with Gasteiger partial charge in [0.2, 0.25) is 0 Å². The standard InChI is InChI=1S/C21H18N2O3/c1-15(16-7-3-2-4-8-16)19-9-5-6-10-20(19)22-14-17-13-18(23(25)26)11-12-21(17)24/h2-15,24H,1H3/b22-14+. The lowest BCUT2D eigenvalue weighted by Gasteiger charge is -2.14. The number of benzene rings is 3. The third-order valence-electron chi connectivity index (χ3n) is 4.27. The van der Waals surface area contributed by atoms with Crippen molar-refractivity contribution in [3.05, 3.63) is 99.6 Å². The molecule has 130 valence electrons. The Labute approximate surface area is 151 Å². The number of nitrogens with zero attached hydrogens (tertiary/aromatic N) is 2. The van der Waals surface area contributed by atoms with Crippen LogP contribution in [0, 0.1) is 10.1 Å². The summed E-state index contributed by atoms with van der Waals surface area (Å²) in [6.07, 6.45) is 1.46. The van der Waals surface area contributed by atoms with Crippen LogP contribution in [-0.4, -0.2) is 16.2 Å². The lowest BCUT2D eigenvalue weighted by atomic mass is 9.92. The number of nitro benzene ring substituents is 1. The molecule has 0 radical (unpaired) electrons. The highest BCUT2D eigenvalue weighted by Crippen LogP contribution is 2.32. The van der Waals surface area contributed by atoms with Crippen LogP contribution in [0.1, 0.15) is 29.5 Å². The number of phenols is 1. The summed E-state index contributed by atoms with van der Waals surface area (Å²) >= 11 is 0. The SMILES string of the molecule is CC(c1ccccc1)c1ccccc1/N=C/c1cc([N+](=O)[O-])ccc1O. The molecule has 0 aliphatic carbocycles. The van der Waals surface area contributed by atoms with Crippen molar-refractivity contribution in [1.82, 2.24) is 0 Å². The van der Waals surface area contributed by atoms with Gasteiger partial charge in [-0.2, -0.15) is 0 Å². The molecule has 5 nitrogen and oxygen atoms in total. The zero-order chi connectivity index (χ0) is 18.5. The van der Waals surface area contributed by atoms with Gasteiger partial charge in [-0.1, -0.05) is 55.5 Å². The third kappa shape index (κ3) is 3.78. The molecule has 0 aromatic heterocycles. The Morgan fingerprint density at radius 2 is 1.73 bits per heavy atom. The molecule has 1 N–H and O–H groups in total. The number of aliphatic imine (C=N–C) groups is 1. The van der Waals surface area contributed by atoms with Crippen molar-refractivity contribution in [3.63, 3.8) is 0 Å². The lowest BCUT2D eigenvalue weighted by molar-refractivity contribution is -0.384. The van der Waals surface area contributed by atoms with Crippen molar-refractivity contribution in [2.75, 3.05) is 0 Å². The molecule has 0 aliphatic rings. The zero-order valence-electron chi connectivity index (χ0n) is 14.2. The van der Waals surface area contributed by atoms with Gasteiger partial charge in [-0.15, -0.1) is 0 Å². The topological polar surface area (TPSA) is 75.7 Å². The Balaban J connectivity index is 1.95. The van der Waals surface area contributed by atoms with E-state index in [1.807, 2.05) is 42.5 Å². The van der Waals surface area contributed by atoms with Gasteiger partial charge in [0.05, 0.1) is 10.6 Å². The first-order valence-corrected chi connectivity index (χ1v) is 8.21. The molecule has 1 atom stereocenters. The maximum atomic E-state index is 10.9. The number of hydrogen-bond donors (Lipinski definition) is 1. The van der Waals surface area contributed by atoms with Crippen molar-refractivity contribution in [2.45, 2.75) is 12.8 Å². The second-order valence-corrected chi connectivity index (χ2v) is 5.95. The van der Waals surface area contributed by atoms with Gasteiger partial charge in [-0.05, 0) is 23.3 Å². The van der Waals surface area contributed by atoms with E-state index in [0.717, 1.165) is 11.3 Å². The number of rotatable bonds is 5. The smallest absolute Gasteiger partial charge is 0.270 e. The van der Waals surface area contributed by atoms with E-state index >= 15 is 0 Å².